The molecule has 2 rings (SSSR count). The second-order valence-corrected chi connectivity index (χ2v) is 7.40. The molecule has 2 saturated carbocycles. The topological polar surface area (TPSA) is 15.3 Å². The first kappa shape index (κ1) is 14.3. The Hall–Kier alpha value is -0.0800. The predicted octanol–water partition coefficient (Wildman–Crippen LogP) is 3.27. The van der Waals surface area contributed by atoms with Gasteiger partial charge in [-0.3, -0.25) is 4.90 Å². The summed E-state index contributed by atoms with van der Waals surface area (Å²) in [6, 6.07) is 2.38. The van der Waals surface area contributed by atoms with E-state index in [1.807, 2.05) is 0 Å². The zero-order valence-electron chi connectivity index (χ0n) is 13.0. The van der Waals surface area contributed by atoms with Crippen molar-refractivity contribution in [1.82, 2.24) is 10.2 Å². The molecule has 0 heterocycles. The maximum atomic E-state index is 3.58. The summed E-state index contributed by atoms with van der Waals surface area (Å²) in [5, 5.41) is 3.58. The number of hydrogen-bond acceptors (Lipinski definition) is 2. The molecule has 2 aliphatic carbocycles. The lowest BCUT2D eigenvalue weighted by Gasteiger charge is -2.46. The summed E-state index contributed by atoms with van der Waals surface area (Å²) in [5.74, 6) is 0.889. The smallest absolute Gasteiger partial charge is 0.0254 e. The number of rotatable bonds is 4. The Morgan fingerprint density at radius 2 is 1.78 bits per heavy atom. The molecule has 0 aliphatic heterocycles. The minimum atomic E-state index is 0.472. The summed E-state index contributed by atoms with van der Waals surface area (Å²) >= 11 is 0. The highest BCUT2D eigenvalue weighted by molar-refractivity contribution is 4.98. The molecule has 18 heavy (non-hydrogen) atoms. The Labute approximate surface area is 114 Å². The van der Waals surface area contributed by atoms with Gasteiger partial charge in [-0.25, -0.2) is 0 Å². The molecule has 2 heteroatoms. The molecule has 0 bridgehead atoms. The van der Waals surface area contributed by atoms with Gasteiger partial charge >= 0.3 is 0 Å². The average Bonchev–Trinajstić information content (AvgIpc) is 3.13. The zero-order chi connectivity index (χ0) is 13.3. The molecule has 0 saturated heterocycles. The third kappa shape index (κ3) is 3.08. The van der Waals surface area contributed by atoms with Gasteiger partial charge in [-0.1, -0.05) is 27.7 Å². The molecular weight excluding hydrogens is 220 g/mol. The second-order valence-electron chi connectivity index (χ2n) is 7.40. The van der Waals surface area contributed by atoms with E-state index >= 15 is 0 Å². The monoisotopic (exact) mass is 252 g/mol. The van der Waals surface area contributed by atoms with E-state index < -0.39 is 0 Å². The summed E-state index contributed by atoms with van der Waals surface area (Å²) < 4.78 is 0. The molecule has 0 amide bonds. The molecule has 2 fully saturated rings. The maximum Gasteiger partial charge on any atom is 0.0254 e. The molecule has 0 spiro atoms. The van der Waals surface area contributed by atoms with Crippen LogP contribution >= 0.6 is 0 Å². The summed E-state index contributed by atoms with van der Waals surface area (Å²) in [5.41, 5.74) is 0.472. The number of likely N-dealkylation sites (N-methyl/N-ethyl adjacent to an activating group) is 2. The zero-order valence-corrected chi connectivity index (χ0v) is 13.0. The molecule has 3 unspecified atom stereocenters. The first-order valence-electron chi connectivity index (χ1n) is 7.90. The van der Waals surface area contributed by atoms with Gasteiger partial charge in [-0.05, 0) is 57.0 Å². The van der Waals surface area contributed by atoms with Crippen molar-refractivity contribution in [1.29, 1.82) is 0 Å². The summed E-state index contributed by atoms with van der Waals surface area (Å²) in [7, 11) is 2.15. The van der Waals surface area contributed by atoms with E-state index in [1.54, 1.807) is 0 Å². The molecular formula is C16H32N2. The molecule has 2 aliphatic rings. The fourth-order valence-corrected chi connectivity index (χ4v) is 3.81. The van der Waals surface area contributed by atoms with Gasteiger partial charge in [-0.15, -0.1) is 0 Å². The average molecular weight is 252 g/mol. The molecule has 106 valence electrons. The van der Waals surface area contributed by atoms with Gasteiger partial charge in [0.2, 0.25) is 0 Å². The fourth-order valence-electron chi connectivity index (χ4n) is 3.81. The van der Waals surface area contributed by atoms with Crippen LogP contribution in [0.15, 0.2) is 0 Å². The van der Waals surface area contributed by atoms with Crippen molar-refractivity contribution in [3.05, 3.63) is 0 Å². The van der Waals surface area contributed by atoms with Crippen LogP contribution in [-0.4, -0.2) is 36.6 Å². The molecule has 0 aromatic heterocycles. The van der Waals surface area contributed by atoms with Gasteiger partial charge in [0.15, 0.2) is 0 Å². The lowest BCUT2D eigenvalue weighted by Crippen LogP contribution is -2.54. The molecule has 3 atom stereocenters. The van der Waals surface area contributed by atoms with Crippen molar-refractivity contribution in [2.45, 2.75) is 77.9 Å². The minimum Gasteiger partial charge on any atom is -0.315 e. The van der Waals surface area contributed by atoms with Crippen LogP contribution in [0.5, 0.6) is 0 Å². The van der Waals surface area contributed by atoms with Crippen LogP contribution in [-0.2, 0) is 0 Å². The lowest BCUT2D eigenvalue weighted by molar-refractivity contribution is 0.0586. The molecule has 0 aromatic rings. The van der Waals surface area contributed by atoms with E-state index in [1.165, 1.54) is 38.6 Å². The highest BCUT2D eigenvalue weighted by Gasteiger charge is 2.41. The van der Waals surface area contributed by atoms with Crippen molar-refractivity contribution in [2.75, 3.05) is 13.6 Å². The van der Waals surface area contributed by atoms with Crippen LogP contribution in [0.3, 0.4) is 0 Å². The molecule has 2 nitrogen and oxygen atoms in total. The van der Waals surface area contributed by atoms with Crippen LogP contribution in [0.2, 0.25) is 0 Å². The third-order valence-corrected chi connectivity index (χ3v) is 5.22. The van der Waals surface area contributed by atoms with Crippen LogP contribution in [0.4, 0.5) is 0 Å². The standard InChI is InChI=1S/C16H32N2/c1-6-18(13-8-9-13)15-11-12(16(2,3)4)7-10-14(15)17-5/h12-15,17H,6-11H2,1-5H3. The van der Waals surface area contributed by atoms with Gasteiger partial charge in [0, 0.05) is 18.1 Å². The summed E-state index contributed by atoms with van der Waals surface area (Å²) in [6.45, 7) is 10.8. The van der Waals surface area contributed by atoms with Crippen LogP contribution < -0.4 is 5.32 Å². The Morgan fingerprint density at radius 3 is 2.22 bits per heavy atom. The Morgan fingerprint density at radius 1 is 1.11 bits per heavy atom. The van der Waals surface area contributed by atoms with E-state index in [-0.39, 0.29) is 0 Å². The van der Waals surface area contributed by atoms with E-state index in [0.717, 1.165) is 18.0 Å². The van der Waals surface area contributed by atoms with E-state index in [9.17, 15) is 0 Å². The fraction of sp³-hybridized carbons (Fsp3) is 1.00. The number of nitrogens with zero attached hydrogens (tertiary/aromatic N) is 1. The van der Waals surface area contributed by atoms with Crippen molar-refractivity contribution < 1.29 is 0 Å². The van der Waals surface area contributed by atoms with E-state index in [4.69, 9.17) is 0 Å². The first-order chi connectivity index (χ1) is 8.47. The van der Waals surface area contributed by atoms with Crippen LogP contribution in [0.1, 0.15) is 59.8 Å². The Kier molecular flexibility index (Phi) is 4.38. The largest absolute Gasteiger partial charge is 0.315 e. The quantitative estimate of drug-likeness (QED) is 0.826. The minimum absolute atomic E-state index is 0.472. The van der Waals surface area contributed by atoms with Crippen LogP contribution in [0.25, 0.3) is 0 Å². The lowest BCUT2D eigenvalue weighted by atomic mass is 9.69. The van der Waals surface area contributed by atoms with Crippen LogP contribution in [0, 0.1) is 11.3 Å². The normalized spacial score (nSPS) is 34.0. The van der Waals surface area contributed by atoms with Gasteiger partial charge in [0.25, 0.3) is 0 Å². The van der Waals surface area contributed by atoms with Crippen molar-refractivity contribution in [3.63, 3.8) is 0 Å². The Bertz CT molecular complexity index is 265. The SMILES string of the molecule is CCN(C1CC1)C1CC(C(C)(C)C)CCC1NC. The summed E-state index contributed by atoms with van der Waals surface area (Å²) in [4.78, 5) is 2.79. The molecule has 0 aromatic carbocycles. The van der Waals surface area contributed by atoms with Gasteiger partial charge in [0.1, 0.15) is 0 Å². The highest BCUT2D eigenvalue weighted by Crippen LogP contribution is 2.41. The van der Waals surface area contributed by atoms with Crippen molar-refractivity contribution in [3.8, 4) is 0 Å². The van der Waals surface area contributed by atoms with Crippen molar-refractivity contribution >= 4 is 0 Å². The predicted molar refractivity (Wildman–Crippen MR) is 78.8 cm³/mol. The Balaban J connectivity index is 2.07. The first-order valence-corrected chi connectivity index (χ1v) is 7.90. The third-order valence-electron chi connectivity index (χ3n) is 5.22. The van der Waals surface area contributed by atoms with Gasteiger partial charge in [0.05, 0.1) is 0 Å². The van der Waals surface area contributed by atoms with Gasteiger partial charge < -0.3 is 5.32 Å². The number of nitrogens with one attached hydrogen (secondary N) is 1. The maximum absolute atomic E-state index is 3.58. The molecule has 0 radical (unpaired) electrons. The summed E-state index contributed by atoms with van der Waals surface area (Å²) in [6.07, 6.45) is 7.00. The van der Waals surface area contributed by atoms with Gasteiger partial charge in [-0.2, -0.15) is 0 Å². The second kappa shape index (κ2) is 5.50. The van der Waals surface area contributed by atoms with E-state index in [2.05, 4.69) is 45.0 Å². The molecule has 1 N–H and O–H groups in total. The number of hydrogen-bond donors (Lipinski definition) is 1. The van der Waals surface area contributed by atoms with E-state index in [0.29, 0.717) is 11.5 Å². The van der Waals surface area contributed by atoms with Crippen molar-refractivity contribution in [2.24, 2.45) is 11.3 Å². The highest BCUT2D eigenvalue weighted by atomic mass is 15.2.